The normalized spacial score (nSPS) is 27.6. The number of halogens is 3. The largest absolute Gasteiger partial charge is 0.426 e. The highest BCUT2D eigenvalue weighted by Gasteiger charge is 2.29. The molecule has 0 N–H and O–H groups in total. The van der Waals surface area contributed by atoms with Gasteiger partial charge in [-0.05, 0) is 43.4 Å². The van der Waals surface area contributed by atoms with Gasteiger partial charge in [-0.3, -0.25) is 4.79 Å². The molecule has 2 nitrogen and oxygen atoms in total. The first-order valence-electron chi connectivity index (χ1n) is 11.3. The zero-order chi connectivity index (χ0) is 20.8. The molecule has 1 aromatic rings. The number of carbonyl (C=O) groups is 1. The van der Waals surface area contributed by atoms with E-state index >= 15 is 0 Å². The van der Waals surface area contributed by atoms with Crippen LogP contribution in [-0.2, 0) is 4.79 Å². The van der Waals surface area contributed by atoms with Crippen molar-refractivity contribution in [3.8, 4) is 5.75 Å². The van der Waals surface area contributed by atoms with E-state index in [4.69, 9.17) is 4.74 Å². The van der Waals surface area contributed by atoms with Crippen LogP contribution in [0.3, 0.4) is 0 Å². The minimum Gasteiger partial charge on any atom is -0.426 e. The maximum atomic E-state index is 13.3. The van der Waals surface area contributed by atoms with Crippen molar-refractivity contribution in [2.45, 2.75) is 84.0 Å². The molecule has 0 aliphatic heterocycles. The quantitative estimate of drug-likeness (QED) is 0.270. The van der Waals surface area contributed by atoms with Crippen LogP contribution in [0, 0.1) is 41.1 Å². The molecule has 162 valence electrons. The zero-order valence-corrected chi connectivity index (χ0v) is 17.4. The summed E-state index contributed by atoms with van der Waals surface area (Å²) in [4.78, 5) is 12.3. The van der Waals surface area contributed by atoms with Crippen LogP contribution >= 0.6 is 0 Å². The Bertz CT molecular complexity index is 652. The lowest BCUT2D eigenvalue weighted by Crippen LogP contribution is -2.26. The Morgan fingerprint density at radius 2 is 1.28 bits per heavy atom. The fraction of sp³-hybridized carbons (Fsp3) is 0.708. The highest BCUT2D eigenvalue weighted by molar-refractivity contribution is 5.75. The van der Waals surface area contributed by atoms with Crippen molar-refractivity contribution in [1.29, 1.82) is 0 Å². The molecule has 5 heteroatoms. The molecule has 1 aromatic carbocycles. The second-order valence-corrected chi connectivity index (χ2v) is 9.09. The molecule has 3 rings (SSSR count). The predicted molar refractivity (Wildman–Crippen MR) is 107 cm³/mol. The Balaban J connectivity index is 1.37. The summed E-state index contributed by atoms with van der Waals surface area (Å²) in [5.41, 5.74) is 0. The summed E-state index contributed by atoms with van der Waals surface area (Å²) in [6, 6.07) is 1.44. The van der Waals surface area contributed by atoms with Crippen molar-refractivity contribution < 1.29 is 22.7 Å². The lowest BCUT2D eigenvalue weighted by Gasteiger charge is -2.31. The standard InChI is InChI=1S/C24H33F3O2/c1-2-3-16-4-6-17(7-5-16)8-9-18-10-12-19(13-11-18)24(28)29-20-14-21(25)23(27)22(26)15-20/h14-19H,2-13H2,1H3/t16-,17-,18-,19-. The molecule has 0 bridgehead atoms. The third-order valence-corrected chi connectivity index (χ3v) is 7.00. The van der Waals surface area contributed by atoms with E-state index in [1.807, 2.05) is 0 Å². The van der Waals surface area contributed by atoms with Gasteiger partial charge in [0.2, 0.25) is 0 Å². The van der Waals surface area contributed by atoms with Crippen LogP contribution in [0.4, 0.5) is 13.2 Å². The molecule has 0 amide bonds. The minimum absolute atomic E-state index is 0.244. The van der Waals surface area contributed by atoms with Gasteiger partial charge in [-0.15, -0.1) is 0 Å². The highest BCUT2D eigenvalue weighted by Crippen LogP contribution is 2.38. The molecule has 29 heavy (non-hydrogen) atoms. The molecule has 2 fully saturated rings. The number of hydrogen-bond acceptors (Lipinski definition) is 2. The first-order chi connectivity index (χ1) is 14.0. The number of esters is 1. The Labute approximate surface area is 172 Å². The van der Waals surface area contributed by atoms with E-state index in [0.717, 1.165) is 49.7 Å². The highest BCUT2D eigenvalue weighted by atomic mass is 19.2. The summed E-state index contributed by atoms with van der Waals surface area (Å²) in [6.45, 7) is 2.27. The zero-order valence-electron chi connectivity index (χ0n) is 17.4. The summed E-state index contributed by atoms with van der Waals surface area (Å²) >= 11 is 0. The van der Waals surface area contributed by atoms with E-state index in [1.54, 1.807) is 0 Å². The van der Waals surface area contributed by atoms with Gasteiger partial charge in [-0.1, -0.05) is 58.3 Å². The second-order valence-electron chi connectivity index (χ2n) is 9.09. The molecule has 0 saturated heterocycles. The Hall–Kier alpha value is -1.52. The smallest absolute Gasteiger partial charge is 0.314 e. The maximum Gasteiger partial charge on any atom is 0.314 e. The Kier molecular flexibility index (Phi) is 8.02. The van der Waals surface area contributed by atoms with Gasteiger partial charge in [-0.2, -0.15) is 0 Å². The maximum absolute atomic E-state index is 13.3. The topological polar surface area (TPSA) is 26.3 Å². The van der Waals surface area contributed by atoms with Crippen LogP contribution in [0.2, 0.25) is 0 Å². The number of ether oxygens (including phenoxy) is 1. The molecule has 0 unspecified atom stereocenters. The van der Waals surface area contributed by atoms with Crippen LogP contribution < -0.4 is 4.74 Å². The molecule has 2 aliphatic carbocycles. The van der Waals surface area contributed by atoms with Crippen LogP contribution in [0.1, 0.15) is 84.0 Å². The van der Waals surface area contributed by atoms with Crippen molar-refractivity contribution in [2.24, 2.45) is 23.7 Å². The molecule has 2 saturated carbocycles. The van der Waals surface area contributed by atoms with Gasteiger partial charge in [0.25, 0.3) is 0 Å². The third kappa shape index (κ3) is 6.23. The minimum atomic E-state index is -1.55. The van der Waals surface area contributed by atoms with Crippen LogP contribution in [0.15, 0.2) is 12.1 Å². The van der Waals surface area contributed by atoms with E-state index in [1.165, 1.54) is 51.4 Å². The van der Waals surface area contributed by atoms with Gasteiger partial charge in [0.1, 0.15) is 5.75 Å². The molecule has 0 spiro atoms. The average Bonchev–Trinajstić information content (AvgIpc) is 2.72. The molecule has 0 heterocycles. The van der Waals surface area contributed by atoms with Gasteiger partial charge >= 0.3 is 5.97 Å². The summed E-state index contributed by atoms with van der Waals surface area (Å²) in [7, 11) is 0. The molecule has 2 aliphatic rings. The fourth-order valence-corrected chi connectivity index (χ4v) is 5.17. The first-order valence-corrected chi connectivity index (χ1v) is 11.3. The number of rotatable bonds is 7. The summed E-state index contributed by atoms with van der Waals surface area (Å²) < 4.78 is 44.7. The van der Waals surface area contributed by atoms with Gasteiger partial charge in [0.05, 0.1) is 5.92 Å². The third-order valence-electron chi connectivity index (χ3n) is 7.00. The van der Waals surface area contributed by atoms with E-state index in [2.05, 4.69) is 6.92 Å². The Morgan fingerprint density at radius 1 is 0.828 bits per heavy atom. The summed E-state index contributed by atoms with van der Waals surface area (Å²) in [5, 5.41) is 0. The van der Waals surface area contributed by atoms with Crippen LogP contribution in [-0.4, -0.2) is 5.97 Å². The lowest BCUT2D eigenvalue weighted by molar-refractivity contribution is -0.140. The van der Waals surface area contributed by atoms with Crippen molar-refractivity contribution >= 4 is 5.97 Å². The SMILES string of the molecule is CCC[C@H]1CC[C@H](CC[C@H]2CC[C@H](C(=O)Oc3cc(F)c(F)c(F)c3)CC2)CC1. The van der Waals surface area contributed by atoms with Gasteiger partial charge in [-0.25, -0.2) is 13.2 Å². The Morgan fingerprint density at radius 3 is 1.76 bits per heavy atom. The van der Waals surface area contributed by atoms with E-state index in [0.29, 0.717) is 5.92 Å². The van der Waals surface area contributed by atoms with Crippen molar-refractivity contribution in [3.05, 3.63) is 29.6 Å². The van der Waals surface area contributed by atoms with E-state index < -0.39 is 23.4 Å². The van der Waals surface area contributed by atoms with Crippen LogP contribution in [0.25, 0.3) is 0 Å². The second kappa shape index (κ2) is 10.5. The van der Waals surface area contributed by atoms with Crippen molar-refractivity contribution in [2.75, 3.05) is 0 Å². The molecule has 0 aromatic heterocycles. The van der Waals surface area contributed by atoms with Crippen LogP contribution in [0.5, 0.6) is 5.75 Å². The lowest BCUT2D eigenvalue weighted by atomic mass is 9.75. The number of hydrogen-bond donors (Lipinski definition) is 0. The molecule has 0 radical (unpaired) electrons. The van der Waals surface area contributed by atoms with Crippen molar-refractivity contribution in [1.82, 2.24) is 0 Å². The fourth-order valence-electron chi connectivity index (χ4n) is 5.17. The summed E-state index contributed by atoms with van der Waals surface area (Å²) in [6.07, 6.45) is 14.2. The van der Waals surface area contributed by atoms with E-state index in [9.17, 15) is 18.0 Å². The molecular formula is C24H33F3O2. The first kappa shape index (κ1) is 22.2. The predicted octanol–water partition coefficient (Wildman–Crippen LogP) is 7.20. The summed E-state index contributed by atoms with van der Waals surface area (Å²) in [5.74, 6) is -2.75. The number of carbonyl (C=O) groups excluding carboxylic acids is 1. The van der Waals surface area contributed by atoms with Gasteiger partial charge in [0.15, 0.2) is 17.5 Å². The van der Waals surface area contributed by atoms with Crippen molar-refractivity contribution in [3.63, 3.8) is 0 Å². The van der Waals surface area contributed by atoms with E-state index in [-0.39, 0.29) is 11.7 Å². The molecular weight excluding hydrogens is 377 g/mol. The van der Waals surface area contributed by atoms with Gasteiger partial charge < -0.3 is 4.74 Å². The van der Waals surface area contributed by atoms with Gasteiger partial charge in [0, 0.05) is 12.1 Å². The monoisotopic (exact) mass is 410 g/mol. The molecule has 0 atom stereocenters. The average molecular weight is 411 g/mol. The number of benzene rings is 1.